The number of halogens is 3. The van der Waals surface area contributed by atoms with Gasteiger partial charge in [-0.3, -0.25) is 0 Å². The fourth-order valence-electron chi connectivity index (χ4n) is 0.821. The lowest BCUT2D eigenvalue weighted by molar-refractivity contribution is 0.0658. The lowest BCUT2D eigenvalue weighted by atomic mass is 10.2. The third-order valence-corrected chi connectivity index (χ3v) is 1.95. The van der Waals surface area contributed by atoms with Crippen molar-refractivity contribution in [3.63, 3.8) is 0 Å². The van der Waals surface area contributed by atoms with Crippen LogP contribution in [0.15, 0.2) is 0 Å². The summed E-state index contributed by atoms with van der Waals surface area (Å²) >= 11 is 11.0. The largest absolute Gasteiger partial charge is 0.364 e. The summed E-state index contributed by atoms with van der Waals surface area (Å²) < 4.78 is 5.37. The highest BCUT2D eigenvalue weighted by atomic mass is 35.5. The number of alkyl halides is 2. The number of ether oxygens (including phenoxy) is 1. The summed E-state index contributed by atoms with van der Waals surface area (Å²) in [6.45, 7) is 0. The molecule has 0 aromatic carbocycles. The van der Waals surface area contributed by atoms with Gasteiger partial charge in [-0.1, -0.05) is 0 Å². The summed E-state index contributed by atoms with van der Waals surface area (Å²) in [6, 6.07) is 0. The standard InChI is InChI=1S/C8H14Cl2N2O.ClH/c9-3-1-7(5-11)13-8(6-12)2-4-10;/h5-8,11-12H,1-4H2;1H. The summed E-state index contributed by atoms with van der Waals surface area (Å²) in [5, 5.41) is 14.1. The van der Waals surface area contributed by atoms with Crippen molar-refractivity contribution >= 4 is 48.0 Å². The third kappa shape index (κ3) is 7.56. The molecule has 0 rings (SSSR count). The molecule has 0 aromatic heterocycles. The van der Waals surface area contributed by atoms with Crippen LogP contribution in [-0.2, 0) is 4.74 Å². The first-order valence-electron chi connectivity index (χ1n) is 4.07. The zero-order valence-corrected chi connectivity index (χ0v) is 10.0. The molecule has 0 amide bonds. The molecule has 0 fully saturated rings. The highest BCUT2D eigenvalue weighted by molar-refractivity contribution is 6.18. The van der Waals surface area contributed by atoms with Crippen LogP contribution in [0.3, 0.4) is 0 Å². The van der Waals surface area contributed by atoms with Crippen LogP contribution < -0.4 is 0 Å². The second-order valence-corrected chi connectivity index (χ2v) is 3.26. The molecular formula is C8H15Cl3N2O. The first-order chi connectivity index (χ1) is 6.28. The molecule has 0 aliphatic carbocycles. The van der Waals surface area contributed by atoms with E-state index >= 15 is 0 Å². The molecule has 2 N–H and O–H groups in total. The van der Waals surface area contributed by atoms with Crippen molar-refractivity contribution in [2.75, 3.05) is 11.8 Å². The summed E-state index contributed by atoms with van der Waals surface area (Å²) in [5.41, 5.74) is 0. The van der Waals surface area contributed by atoms with Crippen molar-refractivity contribution in [3.8, 4) is 0 Å². The Bertz CT molecular complexity index is 142. The zero-order chi connectivity index (χ0) is 10.1. The van der Waals surface area contributed by atoms with Crippen molar-refractivity contribution in [2.24, 2.45) is 0 Å². The maximum absolute atomic E-state index is 7.05. The Balaban J connectivity index is 0. The van der Waals surface area contributed by atoms with Crippen molar-refractivity contribution in [3.05, 3.63) is 0 Å². The van der Waals surface area contributed by atoms with Crippen molar-refractivity contribution in [1.82, 2.24) is 0 Å². The van der Waals surface area contributed by atoms with Gasteiger partial charge in [-0.25, -0.2) is 0 Å². The minimum Gasteiger partial charge on any atom is -0.364 e. The monoisotopic (exact) mass is 260 g/mol. The van der Waals surface area contributed by atoms with Gasteiger partial charge in [0.25, 0.3) is 0 Å². The molecule has 2 atom stereocenters. The Morgan fingerprint density at radius 1 is 1.00 bits per heavy atom. The Labute approximate surface area is 101 Å². The zero-order valence-electron chi connectivity index (χ0n) is 7.71. The van der Waals surface area contributed by atoms with E-state index in [1.54, 1.807) is 0 Å². The SMILES string of the molecule is Cl.N=CC(CCCl)OC(C=N)CCCl. The number of hydrogen-bond acceptors (Lipinski definition) is 3. The smallest absolute Gasteiger partial charge is 0.0939 e. The van der Waals surface area contributed by atoms with Crippen LogP contribution >= 0.6 is 35.6 Å². The lowest BCUT2D eigenvalue weighted by Gasteiger charge is -2.17. The van der Waals surface area contributed by atoms with E-state index in [9.17, 15) is 0 Å². The Hall–Kier alpha value is 0.170. The fraction of sp³-hybridized carbons (Fsp3) is 0.750. The fourth-order valence-corrected chi connectivity index (χ4v) is 1.25. The van der Waals surface area contributed by atoms with E-state index in [4.69, 9.17) is 38.8 Å². The second kappa shape index (κ2) is 11.2. The van der Waals surface area contributed by atoms with Crippen molar-refractivity contribution in [2.45, 2.75) is 25.0 Å². The Kier molecular flexibility index (Phi) is 13.3. The molecule has 0 aliphatic rings. The van der Waals surface area contributed by atoms with Gasteiger partial charge in [-0.2, -0.15) is 0 Å². The van der Waals surface area contributed by atoms with Gasteiger partial charge in [0.05, 0.1) is 12.2 Å². The van der Waals surface area contributed by atoms with Gasteiger partial charge in [-0.05, 0) is 12.8 Å². The Morgan fingerprint density at radius 3 is 1.57 bits per heavy atom. The number of rotatable bonds is 8. The van der Waals surface area contributed by atoms with Crippen LogP contribution in [0, 0.1) is 10.8 Å². The first kappa shape index (κ1) is 16.6. The molecule has 0 bridgehead atoms. The van der Waals surface area contributed by atoms with Crippen molar-refractivity contribution in [1.29, 1.82) is 10.8 Å². The molecule has 0 saturated heterocycles. The molecule has 0 aliphatic heterocycles. The van der Waals surface area contributed by atoms with Crippen molar-refractivity contribution < 1.29 is 4.74 Å². The van der Waals surface area contributed by atoms with Crippen LogP contribution in [0.25, 0.3) is 0 Å². The molecule has 2 unspecified atom stereocenters. The summed E-state index contributed by atoms with van der Waals surface area (Å²) in [7, 11) is 0. The van der Waals surface area contributed by atoms with Gasteiger partial charge >= 0.3 is 0 Å². The lowest BCUT2D eigenvalue weighted by Crippen LogP contribution is -2.25. The minimum atomic E-state index is -0.299. The highest BCUT2D eigenvalue weighted by Gasteiger charge is 2.11. The average molecular weight is 262 g/mol. The minimum absolute atomic E-state index is 0. The van der Waals surface area contributed by atoms with E-state index in [0.29, 0.717) is 24.6 Å². The highest BCUT2D eigenvalue weighted by Crippen LogP contribution is 2.05. The van der Waals surface area contributed by atoms with E-state index in [1.165, 1.54) is 12.4 Å². The maximum atomic E-state index is 7.05. The Morgan fingerprint density at radius 2 is 1.36 bits per heavy atom. The molecule has 3 nitrogen and oxygen atoms in total. The van der Waals surface area contributed by atoms with E-state index in [-0.39, 0.29) is 24.6 Å². The molecule has 0 aromatic rings. The van der Waals surface area contributed by atoms with E-state index in [2.05, 4.69) is 0 Å². The molecule has 0 saturated carbocycles. The molecule has 6 heteroatoms. The number of hydrogen-bond donors (Lipinski definition) is 2. The molecule has 0 spiro atoms. The third-order valence-electron chi connectivity index (χ3n) is 1.51. The first-order valence-corrected chi connectivity index (χ1v) is 5.14. The average Bonchev–Trinajstić information content (AvgIpc) is 2.16. The van der Waals surface area contributed by atoms with E-state index in [0.717, 1.165) is 0 Å². The van der Waals surface area contributed by atoms with Crippen LogP contribution in [0.1, 0.15) is 12.8 Å². The summed E-state index contributed by atoms with van der Waals surface area (Å²) in [5.74, 6) is 0.900. The molecule has 0 heterocycles. The predicted molar refractivity (Wildman–Crippen MR) is 64.2 cm³/mol. The van der Waals surface area contributed by atoms with E-state index in [1.807, 2.05) is 0 Å². The van der Waals surface area contributed by atoms with Crippen LogP contribution in [0.5, 0.6) is 0 Å². The summed E-state index contributed by atoms with van der Waals surface area (Å²) in [4.78, 5) is 0. The normalized spacial score (nSPS) is 13.9. The topological polar surface area (TPSA) is 56.9 Å². The van der Waals surface area contributed by atoms with Crippen LogP contribution in [0.2, 0.25) is 0 Å². The number of nitrogens with one attached hydrogen (secondary N) is 2. The molecule has 0 radical (unpaired) electrons. The van der Waals surface area contributed by atoms with Gasteiger partial charge in [0.1, 0.15) is 0 Å². The van der Waals surface area contributed by atoms with Gasteiger partial charge in [0.2, 0.25) is 0 Å². The quantitative estimate of drug-likeness (QED) is 0.512. The van der Waals surface area contributed by atoms with Gasteiger partial charge in [-0.15, -0.1) is 35.6 Å². The molecule has 84 valence electrons. The van der Waals surface area contributed by atoms with Crippen LogP contribution in [-0.4, -0.2) is 36.4 Å². The van der Waals surface area contributed by atoms with E-state index < -0.39 is 0 Å². The molecular weight excluding hydrogens is 246 g/mol. The predicted octanol–water partition coefficient (Wildman–Crippen LogP) is 2.72. The molecule has 14 heavy (non-hydrogen) atoms. The van der Waals surface area contributed by atoms with Crippen LogP contribution in [0.4, 0.5) is 0 Å². The maximum Gasteiger partial charge on any atom is 0.0939 e. The van der Waals surface area contributed by atoms with Gasteiger partial charge < -0.3 is 15.6 Å². The van der Waals surface area contributed by atoms with Gasteiger partial charge in [0, 0.05) is 24.2 Å². The van der Waals surface area contributed by atoms with Gasteiger partial charge in [0.15, 0.2) is 0 Å². The second-order valence-electron chi connectivity index (χ2n) is 2.50. The summed E-state index contributed by atoms with van der Waals surface area (Å²) in [6.07, 6.45) is 3.00.